The Morgan fingerprint density at radius 1 is 1.04 bits per heavy atom. The highest BCUT2D eigenvalue weighted by atomic mass is 16.5. The molecule has 0 unspecified atom stereocenters. The number of anilines is 1. The molecule has 0 aliphatic carbocycles. The van der Waals surface area contributed by atoms with E-state index in [1.54, 1.807) is 7.11 Å². The number of aromatic nitrogens is 2. The summed E-state index contributed by atoms with van der Waals surface area (Å²) in [6, 6.07) is 7.31. The third-order valence-electron chi connectivity index (χ3n) is 5.43. The maximum Gasteiger partial charge on any atom is 0.254 e. The minimum atomic E-state index is 0.0495. The standard InChI is InChI=1S/C21H26N4O2/c1-15-22-19-10-13-25(21(26)16-6-8-17(27-2)9-7-16)14-18(19)20(23-15)24-11-4-3-5-12-24/h6-9H,3-5,10-14H2,1-2H3. The number of methoxy groups -OCH3 is 1. The summed E-state index contributed by atoms with van der Waals surface area (Å²) in [6.45, 7) is 5.30. The summed E-state index contributed by atoms with van der Waals surface area (Å²) in [5.74, 6) is 2.66. The van der Waals surface area contributed by atoms with Gasteiger partial charge in [0, 0.05) is 37.2 Å². The van der Waals surface area contributed by atoms with Gasteiger partial charge in [-0.15, -0.1) is 0 Å². The molecule has 1 fully saturated rings. The number of rotatable bonds is 3. The lowest BCUT2D eigenvalue weighted by molar-refractivity contribution is 0.0733. The van der Waals surface area contributed by atoms with Crippen LogP contribution in [-0.2, 0) is 13.0 Å². The van der Waals surface area contributed by atoms with E-state index in [0.717, 1.165) is 48.2 Å². The van der Waals surface area contributed by atoms with Gasteiger partial charge in [-0.2, -0.15) is 0 Å². The molecule has 2 aliphatic rings. The van der Waals surface area contributed by atoms with Crippen molar-refractivity contribution in [1.82, 2.24) is 14.9 Å². The Morgan fingerprint density at radius 2 is 1.78 bits per heavy atom. The topological polar surface area (TPSA) is 58.6 Å². The van der Waals surface area contributed by atoms with Crippen molar-refractivity contribution in [1.29, 1.82) is 0 Å². The lowest BCUT2D eigenvalue weighted by Crippen LogP contribution is -2.39. The number of hydrogen-bond acceptors (Lipinski definition) is 5. The van der Waals surface area contributed by atoms with E-state index >= 15 is 0 Å². The molecule has 3 heterocycles. The van der Waals surface area contributed by atoms with Crippen LogP contribution in [0.2, 0.25) is 0 Å². The monoisotopic (exact) mass is 366 g/mol. The summed E-state index contributed by atoms with van der Waals surface area (Å²) >= 11 is 0. The maximum absolute atomic E-state index is 13.0. The Bertz CT molecular complexity index is 829. The van der Waals surface area contributed by atoms with Crippen molar-refractivity contribution in [3.05, 3.63) is 46.9 Å². The fraction of sp³-hybridized carbons (Fsp3) is 0.476. The minimum absolute atomic E-state index is 0.0495. The summed E-state index contributed by atoms with van der Waals surface area (Å²) in [4.78, 5) is 26.7. The number of ether oxygens (including phenoxy) is 1. The lowest BCUT2D eigenvalue weighted by atomic mass is 10.0. The van der Waals surface area contributed by atoms with Gasteiger partial charge in [-0.1, -0.05) is 0 Å². The van der Waals surface area contributed by atoms with E-state index in [4.69, 9.17) is 9.72 Å². The van der Waals surface area contributed by atoms with Gasteiger partial charge in [0.15, 0.2) is 0 Å². The van der Waals surface area contributed by atoms with Gasteiger partial charge in [0.1, 0.15) is 17.4 Å². The highest BCUT2D eigenvalue weighted by Crippen LogP contribution is 2.29. The Balaban J connectivity index is 1.60. The van der Waals surface area contributed by atoms with Crippen LogP contribution in [0, 0.1) is 6.92 Å². The molecule has 0 radical (unpaired) electrons. The van der Waals surface area contributed by atoms with Crippen LogP contribution in [0.25, 0.3) is 0 Å². The van der Waals surface area contributed by atoms with Crippen LogP contribution in [0.4, 0.5) is 5.82 Å². The molecule has 142 valence electrons. The average Bonchev–Trinajstić information content (AvgIpc) is 2.73. The number of carbonyl (C=O) groups is 1. The summed E-state index contributed by atoms with van der Waals surface area (Å²) in [6.07, 6.45) is 4.46. The van der Waals surface area contributed by atoms with Crippen molar-refractivity contribution in [3.63, 3.8) is 0 Å². The second-order valence-corrected chi connectivity index (χ2v) is 7.27. The van der Waals surface area contributed by atoms with E-state index in [0.29, 0.717) is 18.7 Å². The molecule has 1 aromatic carbocycles. The summed E-state index contributed by atoms with van der Waals surface area (Å²) in [5, 5.41) is 0. The molecule has 4 rings (SSSR count). The molecular formula is C21H26N4O2. The van der Waals surface area contributed by atoms with Crippen molar-refractivity contribution < 1.29 is 9.53 Å². The van der Waals surface area contributed by atoms with E-state index < -0.39 is 0 Å². The predicted molar refractivity (Wildman–Crippen MR) is 104 cm³/mol. The Morgan fingerprint density at radius 3 is 2.48 bits per heavy atom. The minimum Gasteiger partial charge on any atom is -0.497 e. The first-order valence-corrected chi connectivity index (χ1v) is 9.70. The quantitative estimate of drug-likeness (QED) is 0.836. The maximum atomic E-state index is 13.0. The molecule has 0 spiro atoms. The number of nitrogens with zero attached hydrogens (tertiary/aromatic N) is 4. The third-order valence-corrected chi connectivity index (χ3v) is 5.43. The smallest absolute Gasteiger partial charge is 0.254 e. The number of piperidine rings is 1. The summed E-state index contributed by atoms with van der Waals surface area (Å²) in [7, 11) is 1.63. The first-order valence-electron chi connectivity index (χ1n) is 9.70. The average molecular weight is 366 g/mol. The molecule has 6 nitrogen and oxygen atoms in total. The van der Waals surface area contributed by atoms with Crippen molar-refractivity contribution in [3.8, 4) is 5.75 Å². The number of hydrogen-bond donors (Lipinski definition) is 0. The van der Waals surface area contributed by atoms with Crippen LogP contribution in [0.15, 0.2) is 24.3 Å². The molecular weight excluding hydrogens is 340 g/mol. The van der Waals surface area contributed by atoms with E-state index in [1.165, 1.54) is 19.3 Å². The molecule has 2 aliphatic heterocycles. The highest BCUT2D eigenvalue weighted by Gasteiger charge is 2.28. The van der Waals surface area contributed by atoms with Gasteiger partial charge in [-0.3, -0.25) is 4.79 Å². The Kier molecular flexibility index (Phi) is 4.97. The Labute approximate surface area is 160 Å². The van der Waals surface area contributed by atoms with Gasteiger partial charge in [0.2, 0.25) is 0 Å². The van der Waals surface area contributed by atoms with E-state index in [2.05, 4.69) is 9.88 Å². The number of fused-ring (bicyclic) bond motifs is 1. The molecule has 27 heavy (non-hydrogen) atoms. The zero-order chi connectivity index (χ0) is 18.8. The molecule has 1 saturated heterocycles. The largest absolute Gasteiger partial charge is 0.497 e. The molecule has 1 aromatic heterocycles. The van der Waals surface area contributed by atoms with Crippen molar-refractivity contribution in [2.45, 2.75) is 39.2 Å². The van der Waals surface area contributed by atoms with E-state index in [9.17, 15) is 4.79 Å². The van der Waals surface area contributed by atoms with Crippen LogP contribution < -0.4 is 9.64 Å². The van der Waals surface area contributed by atoms with Crippen LogP contribution in [-0.4, -0.2) is 47.5 Å². The van der Waals surface area contributed by atoms with E-state index in [-0.39, 0.29) is 5.91 Å². The van der Waals surface area contributed by atoms with Crippen LogP contribution >= 0.6 is 0 Å². The zero-order valence-corrected chi connectivity index (χ0v) is 16.1. The lowest BCUT2D eigenvalue weighted by Gasteiger charge is -2.34. The first kappa shape index (κ1) is 17.8. The molecule has 6 heteroatoms. The highest BCUT2D eigenvalue weighted by molar-refractivity contribution is 5.94. The second-order valence-electron chi connectivity index (χ2n) is 7.27. The summed E-state index contributed by atoms with van der Waals surface area (Å²) in [5.41, 5.74) is 2.91. The molecule has 0 bridgehead atoms. The zero-order valence-electron chi connectivity index (χ0n) is 16.1. The van der Waals surface area contributed by atoms with Crippen molar-refractivity contribution >= 4 is 11.7 Å². The summed E-state index contributed by atoms with van der Waals surface area (Å²) < 4.78 is 5.19. The third kappa shape index (κ3) is 3.61. The van der Waals surface area contributed by atoms with Crippen LogP contribution in [0.5, 0.6) is 5.75 Å². The molecule has 2 aromatic rings. The van der Waals surface area contributed by atoms with Gasteiger partial charge in [0.05, 0.1) is 19.3 Å². The fourth-order valence-corrected chi connectivity index (χ4v) is 3.97. The molecule has 1 amide bonds. The van der Waals surface area contributed by atoms with Crippen molar-refractivity contribution in [2.75, 3.05) is 31.6 Å². The second kappa shape index (κ2) is 7.55. The molecule has 0 atom stereocenters. The van der Waals surface area contributed by atoms with Gasteiger partial charge in [-0.25, -0.2) is 9.97 Å². The normalized spacial score (nSPS) is 16.8. The Hall–Kier alpha value is -2.63. The SMILES string of the molecule is COc1ccc(C(=O)N2CCc3nc(C)nc(N4CCCCC4)c3C2)cc1. The number of amides is 1. The molecule has 0 N–H and O–H groups in total. The fourth-order valence-electron chi connectivity index (χ4n) is 3.97. The van der Waals surface area contributed by atoms with Crippen LogP contribution in [0.1, 0.15) is 46.7 Å². The van der Waals surface area contributed by atoms with Gasteiger partial charge >= 0.3 is 0 Å². The van der Waals surface area contributed by atoms with Crippen molar-refractivity contribution in [2.24, 2.45) is 0 Å². The van der Waals surface area contributed by atoms with Gasteiger partial charge in [-0.05, 0) is 50.5 Å². The van der Waals surface area contributed by atoms with Gasteiger partial charge in [0.25, 0.3) is 5.91 Å². The number of benzene rings is 1. The van der Waals surface area contributed by atoms with Gasteiger partial charge < -0.3 is 14.5 Å². The first-order chi connectivity index (χ1) is 13.2. The number of carbonyl (C=O) groups excluding carboxylic acids is 1. The van der Waals surface area contributed by atoms with E-state index in [1.807, 2.05) is 36.1 Å². The molecule has 0 saturated carbocycles. The predicted octanol–water partition coefficient (Wildman–Crippen LogP) is 2.98. The van der Waals surface area contributed by atoms with Crippen LogP contribution in [0.3, 0.4) is 0 Å². The number of aryl methyl sites for hydroxylation is 1.